The first-order chi connectivity index (χ1) is 10.2. The third-order valence-electron chi connectivity index (χ3n) is 2.98. The Morgan fingerprint density at radius 3 is 2.67 bits per heavy atom. The van der Waals surface area contributed by atoms with Gasteiger partial charge in [0.05, 0.1) is 7.11 Å². The van der Waals surface area contributed by atoms with Crippen molar-refractivity contribution in [2.45, 2.75) is 20.3 Å². The Bertz CT molecular complexity index is 619. The molecular weight excluding hydrogens is 271 g/mol. The molecule has 2 rings (SSSR count). The fourth-order valence-corrected chi connectivity index (χ4v) is 1.83. The number of rotatable bonds is 6. The molecule has 1 aromatic heterocycles. The van der Waals surface area contributed by atoms with Gasteiger partial charge in [0.25, 0.3) is 0 Å². The minimum absolute atomic E-state index is 0.266. The average molecular weight is 290 g/mol. The predicted octanol–water partition coefficient (Wildman–Crippen LogP) is 3.50. The second-order valence-corrected chi connectivity index (χ2v) is 4.62. The molecule has 112 valence electrons. The van der Waals surface area contributed by atoms with Crippen LogP contribution in [-0.4, -0.2) is 23.6 Å². The van der Waals surface area contributed by atoms with Crippen molar-refractivity contribution in [3.05, 3.63) is 35.9 Å². The molecule has 0 amide bonds. The molecule has 0 unspecified atom stereocenters. The van der Waals surface area contributed by atoms with E-state index in [4.69, 9.17) is 4.74 Å². The highest BCUT2D eigenvalue weighted by molar-refractivity contribution is 5.69. The van der Waals surface area contributed by atoms with Gasteiger partial charge >= 0.3 is 0 Å². The summed E-state index contributed by atoms with van der Waals surface area (Å²) in [6.45, 7) is 4.57. The van der Waals surface area contributed by atoms with Crippen molar-refractivity contribution in [2.24, 2.45) is 0 Å². The summed E-state index contributed by atoms with van der Waals surface area (Å²) in [5, 5.41) is 6.22. The molecule has 0 saturated heterocycles. The lowest BCUT2D eigenvalue weighted by Gasteiger charge is -2.14. The number of hydrogen-bond acceptors (Lipinski definition) is 5. The Labute approximate surface area is 123 Å². The summed E-state index contributed by atoms with van der Waals surface area (Å²) in [4.78, 5) is 8.32. The van der Waals surface area contributed by atoms with E-state index in [1.54, 1.807) is 26.2 Å². The van der Waals surface area contributed by atoms with Crippen LogP contribution in [0.2, 0.25) is 0 Å². The first kappa shape index (κ1) is 15.0. The molecule has 6 heteroatoms. The van der Waals surface area contributed by atoms with Gasteiger partial charge in [-0.3, -0.25) is 0 Å². The zero-order valence-corrected chi connectivity index (χ0v) is 12.4. The second-order valence-electron chi connectivity index (χ2n) is 4.62. The molecule has 1 aromatic carbocycles. The molecule has 0 fully saturated rings. The largest absolute Gasteiger partial charge is 0.490 e. The van der Waals surface area contributed by atoms with Crippen molar-refractivity contribution in [1.82, 2.24) is 9.97 Å². The Morgan fingerprint density at radius 1 is 1.24 bits per heavy atom. The highest BCUT2D eigenvalue weighted by atomic mass is 19.1. The maximum Gasteiger partial charge on any atom is 0.204 e. The number of methoxy groups -OCH3 is 1. The number of aromatic nitrogens is 2. The molecule has 0 aliphatic carbocycles. The Hall–Kier alpha value is -2.37. The molecule has 0 radical (unpaired) electrons. The van der Waals surface area contributed by atoms with Crippen LogP contribution < -0.4 is 15.4 Å². The van der Waals surface area contributed by atoms with Crippen molar-refractivity contribution in [1.29, 1.82) is 0 Å². The van der Waals surface area contributed by atoms with Crippen LogP contribution in [0.15, 0.2) is 24.5 Å². The number of halogens is 1. The molecule has 0 spiro atoms. The summed E-state index contributed by atoms with van der Waals surface area (Å²) >= 11 is 0. The van der Waals surface area contributed by atoms with Crippen molar-refractivity contribution >= 4 is 17.3 Å². The molecule has 2 N–H and O–H groups in total. The van der Waals surface area contributed by atoms with Gasteiger partial charge in [0.15, 0.2) is 11.6 Å². The molecule has 0 aliphatic heterocycles. The zero-order chi connectivity index (χ0) is 15.2. The van der Waals surface area contributed by atoms with E-state index in [0.717, 1.165) is 13.0 Å². The smallest absolute Gasteiger partial charge is 0.204 e. The third kappa shape index (κ3) is 3.59. The normalized spacial score (nSPS) is 10.3. The van der Waals surface area contributed by atoms with Gasteiger partial charge in [-0.05, 0) is 31.0 Å². The molecule has 1 heterocycles. The minimum Gasteiger partial charge on any atom is -0.490 e. The van der Waals surface area contributed by atoms with Gasteiger partial charge < -0.3 is 15.4 Å². The van der Waals surface area contributed by atoms with Crippen LogP contribution in [0.4, 0.5) is 21.7 Å². The summed E-state index contributed by atoms with van der Waals surface area (Å²) in [5.74, 6) is 1.35. The van der Waals surface area contributed by atoms with Gasteiger partial charge in [-0.2, -0.15) is 0 Å². The highest BCUT2D eigenvalue weighted by Crippen LogP contribution is 2.31. The first-order valence-electron chi connectivity index (χ1n) is 6.81. The summed E-state index contributed by atoms with van der Waals surface area (Å²) in [6, 6.07) is 4.93. The maximum atomic E-state index is 13.6. The molecule has 0 aliphatic rings. The fourth-order valence-electron chi connectivity index (χ4n) is 1.83. The standard InChI is InChI=1S/C15H19FN4O/c1-4-7-17-14-13(21-3)15(19-9-18-14)20-11-6-5-10(2)12(16)8-11/h5-6,8-9H,4,7H2,1-3H3,(H2,17,18,19,20). The van der Waals surface area contributed by atoms with Gasteiger partial charge in [0.1, 0.15) is 12.1 Å². The number of nitrogens with zero attached hydrogens (tertiary/aromatic N) is 2. The van der Waals surface area contributed by atoms with E-state index in [2.05, 4.69) is 27.5 Å². The van der Waals surface area contributed by atoms with E-state index in [1.807, 2.05) is 0 Å². The zero-order valence-electron chi connectivity index (χ0n) is 12.4. The Morgan fingerprint density at radius 2 is 2.00 bits per heavy atom. The summed E-state index contributed by atoms with van der Waals surface area (Å²) in [7, 11) is 1.55. The van der Waals surface area contributed by atoms with Gasteiger partial charge in [-0.25, -0.2) is 14.4 Å². The van der Waals surface area contributed by atoms with Crippen LogP contribution in [0.1, 0.15) is 18.9 Å². The van der Waals surface area contributed by atoms with Crippen molar-refractivity contribution in [2.75, 3.05) is 24.3 Å². The fraction of sp³-hybridized carbons (Fsp3) is 0.333. The quantitative estimate of drug-likeness (QED) is 0.852. The van der Waals surface area contributed by atoms with Crippen LogP contribution in [0.5, 0.6) is 5.75 Å². The van der Waals surface area contributed by atoms with Crippen LogP contribution in [0.25, 0.3) is 0 Å². The molecule has 21 heavy (non-hydrogen) atoms. The first-order valence-corrected chi connectivity index (χ1v) is 6.81. The number of anilines is 3. The molecular formula is C15H19FN4O. The van der Waals surface area contributed by atoms with Crippen LogP contribution in [-0.2, 0) is 0 Å². The molecule has 2 aromatic rings. The predicted molar refractivity (Wildman–Crippen MR) is 81.8 cm³/mol. The summed E-state index contributed by atoms with van der Waals surface area (Å²) in [5.41, 5.74) is 1.21. The number of ether oxygens (including phenoxy) is 1. The van der Waals surface area contributed by atoms with Gasteiger partial charge in [0.2, 0.25) is 5.75 Å². The van der Waals surface area contributed by atoms with E-state index in [1.165, 1.54) is 12.4 Å². The molecule has 0 bridgehead atoms. The van der Waals surface area contributed by atoms with E-state index < -0.39 is 0 Å². The van der Waals surface area contributed by atoms with Crippen LogP contribution in [0, 0.1) is 12.7 Å². The van der Waals surface area contributed by atoms with Gasteiger partial charge in [0, 0.05) is 12.2 Å². The highest BCUT2D eigenvalue weighted by Gasteiger charge is 2.12. The second kappa shape index (κ2) is 6.88. The SMILES string of the molecule is CCCNc1ncnc(Nc2ccc(C)c(F)c2)c1OC. The maximum absolute atomic E-state index is 13.6. The van der Waals surface area contributed by atoms with Crippen molar-refractivity contribution in [3.8, 4) is 5.75 Å². The van der Waals surface area contributed by atoms with Crippen LogP contribution in [0.3, 0.4) is 0 Å². The average Bonchev–Trinajstić information content (AvgIpc) is 2.49. The van der Waals surface area contributed by atoms with E-state index in [9.17, 15) is 4.39 Å². The van der Waals surface area contributed by atoms with Crippen LogP contribution >= 0.6 is 0 Å². The lowest BCUT2D eigenvalue weighted by molar-refractivity contribution is 0.415. The van der Waals surface area contributed by atoms with E-state index in [-0.39, 0.29) is 5.82 Å². The Kier molecular flexibility index (Phi) is 4.92. The summed E-state index contributed by atoms with van der Waals surface area (Å²) < 4.78 is 18.9. The number of hydrogen-bond donors (Lipinski definition) is 2. The molecule has 5 nitrogen and oxygen atoms in total. The van der Waals surface area contributed by atoms with E-state index >= 15 is 0 Å². The minimum atomic E-state index is -0.266. The monoisotopic (exact) mass is 290 g/mol. The lowest BCUT2D eigenvalue weighted by atomic mass is 10.2. The van der Waals surface area contributed by atoms with Gasteiger partial charge in [-0.1, -0.05) is 13.0 Å². The molecule has 0 atom stereocenters. The lowest BCUT2D eigenvalue weighted by Crippen LogP contribution is -2.07. The van der Waals surface area contributed by atoms with Crippen molar-refractivity contribution in [3.63, 3.8) is 0 Å². The Balaban J connectivity index is 2.28. The van der Waals surface area contributed by atoms with Gasteiger partial charge in [-0.15, -0.1) is 0 Å². The number of aryl methyl sites for hydroxylation is 1. The third-order valence-corrected chi connectivity index (χ3v) is 2.98. The number of nitrogens with one attached hydrogen (secondary N) is 2. The summed E-state index contributed by atoms with van der Waals surface area (Å²) in [6.07, 6.45) is 2.41. The topological polar surface area (TPSA) is 59.1 Å². The number of benzene rings is 1. The van der Waals surface area contributed by atoms with E-state index in [0.29, 0.717) is 28.6 Å². The van der Waals surface area contributed by atoms with Crippen molar-refractivity contribution < 1.29 is 9.13 Å². The molecule has 0 saturated carbocycles.